The van der Waals surface area contributed by atoms with Gasteiger partial charge in [0, 0.05) is 18.7 Å². The summed E-state index contributed by atoms with van der Waals surface area (Å²) in [5, 5.41) is 3.66. The molecule has 0 spiro atoms. The van der Waals surface area contributed by atoms with Crippen LogP contribution in [0.2, 0.25) is 0 Å². The number of rotatable bonds is 9. The Hall–Kier alpha value is -0.0800. The number of ether oxygens (including phenoxy) is 1. The van der Waals surface area contributed by atoms with Crippen LogP contribution in [0.4, 0.5) is 0 Å². The first-order valence-electron chi connectivity index (χ1n) is 8.15. The molecule has 1 rings (SSSR count). The predicted octanol–water partition coefficient (Wildman–Crippen LogP) is 4.28. The summed E-state index contributed by atoms with van der Waals surface area (Å²) >= 11 is 0. The summed E-state index contributed by atoms with van der Waals surface area (Å²) in [7, 11) is 0. The van der Waals surface area contributed by atoms with Gasteiger partial charge in [0.05, 0.1) is 6.10 Å². The van der Waals surface area contributed by atoms with Crippen LogP contribution in [0.3, 0.4) is 0 Å². The third-order valence-corrected chi connectivity index (χ3v) is 4.10. The van der Waals surface area contributed by atoms with Crippen molar-refractivity contribution in [2.24, 2.45) is 0 Å². The van der Waals surface area contributed by atoms with E-state index in [1.807, 2.05) is 0 Å². The normalized spacial score (nSPS) is 28.5. The van der Waals surface area contributed by atoms with Gasteiger partial charge >= 0.3 is 0 Å². The molecule has 1 aliphatic rings. The zero-order valence-electron chi connectivity index (χ0n) is 12.7. The molecule has 108 valence electrons. The third-order valence-electron chi connectivity index (χ3n) is 4.10. The molecular formula is C16H33NO. The lowest BCUT2D eigenvalue weighted by molar-refractivity contribution is -0.00209. The fourth-order valence-electron chi connectivity index (χ4n) is 2.87. The molecule has 0 aromatic carbocycles. The molecule has 1 heterocycles. The van der Waals surface area contributed by atoms with Crippen LogP contribution >= 0.6 is 0 Å². The number of unbranched alkanes of at least 4 members (excludes halogenated alkanes) is 5. The lowest BCUT2D eigenvalue weighted by Gasteiger charge is -2.35. The minimum Gasteiger partial charge on any atom is -0.377 e. The molecule has 3 unspecified atom stereocenters. The van der Waals surface area contributed by atoms with Gasteiger partial charge in [-0.1, -0.05) is 46.0 Å². The molecular weight excluding hydrogens is 222 g/mol. The van der Waals surface area contributed by atoms with Gasteiger partial charge in [-0.3, -0.25) is 0 Å². The number of hydrogen-bond donors (Lipinski definition) is 1. The van der Waals surface area contributed by atoms with Crippen molar-refractivity contribution >= 4 is 0 Å². The molecule has 0 radical (unpaired) electrons. The maximum absolute atomic E-state index is 6.08. The summed E-state index contributed by atoms with van der Waals surface area (Å²) in [5.74, 6) is 0. The fourth-order valence-corrected chi connectivity index (χ4v) is 2.87. The second kappa shape index (κ2) is 9.80. The van der Waals surface area contributed by atoms with Crippen LogP contribution in [0.1, 0.15) is 78.6 Å². The zero-order chi connectivity index (χ0) is 13.2. The molecule has 0 saturated carbocycles. The molecule has 1 N–H and O–H groups in total. The summed E-state index contributed by atoms with van der Waals surface area (Å²) in [4.78, 5) is 0. The molecule has 0 aliphatic carbocycles. The second-order valence-electron chi connectivity index (χ2n) is 5.84. The topological polar surface area (TPSA) is 21.3 Å². The molecule has 0 aromatic rings. The van der Waals surface area contributed by atoms with Crippen molar-refractivity contribution in [3.8, 4) is 0 Å². The average molecular weight is 255 g/mol. The highest BCUT2D eigenvalue weighted by molar-refractivity contribution is 4.84. The Kier molecular flexibility index (Phi) is 8.70. The van der Waals surface area contributed by atoms with E-state index in [1.165, 1.54) is 57.8 Å². The molecule has 18 heavy (non-hydrogen) atoms. The van der Waals surface area contributed by atoms with Crippen LogP contribution in [0, 0.1) is 0 Å². The highest BCUT2D eigenvalue weighted by Gasteiger charge is 2.26. The summed E-state index contributed by atoms with van der Waals surface area (Å²) in [6, 6.07) is 1.25. The van der Waals surface area contributed by atoms with Gasteiger partial charge in [0.25, 0.3) is 0 Å². The Morgan fingerprint density at radius 2 is 1.72 bits per heavy atom. The predicted molar refractivity (Wildman–Crippen MR) is 79.0 cm³/mol. The number of hydrogen-bond acceptors (Lipinski definition) is 2. The van der Waals surface area contributed by atoms with Gasteiger partial charge in [-0.2, -0.15) is 0 Å². The molecule has 0 aromatic heterocycles. The van der Waals surface area contributed by atoms with Gasteiger partial charge in [0.15, 0.2) is 0 Å². The lowest BCUT2D eigenvalue weighted by Crippen LogP contribution is -2.49. The van der Waals surface area contributed by atoms with E-state index in [-0.39, 0.29) is 0 Å². The lowest BCUT2D eigenvalue weighted by atomic mass is 9.95. The van der Waals surface area contributed by atoms with Crippen molar-refractivity contribution in [2.45, 2.75) is 96.7 Å². The van der Waals surface area contributed by atoms with Gasteiger partial charge in [-0.15, -0.1) is 0 Å². The standard InChI is InChI=1S/C16H33NO/c1-4-6-7-8-9-10-13-18-16-12-11-14(3)17-15(16)5-2/h14-17H,4-13H2,1-3H3. The quantitative estimate of drug-likeness (QED) is 0.621. The van der Waals surface area contributed by atoms with Crippen LogP contribution in [0.15, 0.2) is 0 Å². The summed E-state index contributed by atoms with van der Waals surface area (Å²) in [6.45, 7) is 7.78. The van der Waals surface area contributed by atoms with E-state index in [9.17, 15) is 0 Å². The third kappa shape index (κ3) is 6.19. The van der Waals surface area contributed by atoms with E-state index in [1.54, 1.807) is 0 Å². The highest BCUT2D eigenvalue weighted by Crippen LogP contribution is 2.19. The van der Waals surface area contributed by atoms with Crippen LogP contribution in [0.25, 0.3) is 0 Å². The van der Waals surface area contributed by atoms with E-state index in [4.69, 9.17) is 4.74 Å². The average Bonchev–Trinajstić information content (AvgIpc) is 2.39. The molecule has 1 saturated heterocycles. The van der Waals surface area contributed by atoms with Crippen molar-refractivity contribution in [3.05, 3.63) is 0 Å². The Morgan fingerprint density at radius 3 is 2.44 bits per heavy atom. The minimum absolute atomic E-state index is 0.460. The largest absolute Gasteiger partial charge is 0.377 e. The molecule has 1 aliphatic heterocycles. The van der Waals surface area contributed by atoms with Crippen molar-refractivity contribution in [2.75, 3.05) is 6.61 Å². The van der Waals surface area contributed by atoms with E-state index >= 15 is 0 Å². The molecule has 1 fully saturated rings. The van der Waals surface area contributed by atoms with Gasteiger partial charge in [0.2, 0.25) is 0 Å². The van der Waals surface area contributed by atoms with Crippen LogP contribution < -0.4 is 5.32 Å². The second-order valence-corrected chi connectivity index (χ2v) is 5.84. The minimum atomic E-state index is 0.460. The van der Waals surface area contributed by atoms with E-state index < -0.39 is 0 Å². The molecule has 2 nitrogen and oxygen atoms in total. The molecule has 0 bridgehead atoms. The van der Waals surface area contributed by atoms with Crippen molar-refractivity contribution < 1.29 is 4.74 Å². The maximum atomic E-state index is 6.08. The molecule has 3 atom stereocenters. The van der Waals surface area contributed by atoms with E-state index in [0.717, 1.165) is 6.61 Å². The molecule has 0 amide bonds. The van der Waals surface area contributed by atoms with Crippen molar-refractivity contribution in [3.63, 3.8) is 0 Å². The summed E-state index contributed by atoms with van der Waals surface area (Å²) < 4.78 is 6.08. The SMILES string of the molecule is CCCCCCCCOC1CCC(C)NC1CC. The first kappa shape index (κ1) is 16.0. The maximum Gasteiger partial charge on any atom is 0.0728 e. The van der Waals surface area contributed by atoms with Crippen molar-refractivity contribution in [1.29, 1.82) is 0 Å². The van der Waals surface area contributed by atoms with Crippen LogP contribution in [-0.2, 0) is 4.74 Å². The molecule has 2 heteroatoms. The van der Waals surface area contributed by atoms with Crippen LogP contribution in [0.5, 0.6) is 0 Å². The Morgan fingerprint density at radius 1 is 1.00 bits per heavy atom. The summed E-state index contributed by atoms with van der Waals surface area (Å²) in [6.07, 6.45) is 12.2. The van der Waals surface area contributed by atoms with Crippen LogP contribution in [-0.4, -0.2) is 24.8 Å². The summed E-state index contributed by atoms with van der Waals surface area (Å²) in [5.41, 5.74) is 0. The Labute approximate surface area is 114 Å². The Balaban J connectivity index is 2.03. The highest BCUT2D eigenvalue weighted by atomic mass is 16.5. The Bertz CT molecular complexity index is 196. The smallest absolute Gasteiger partial charge is 0.0728 e. The first-order valence-corrected chi connectivity index (χ1v) is 8.15. The monoisotopic (exact) mass is 255 g/mol. The van der Waals surface area contributed by atoms with Gasteiger partial charge in [-0.25, -0.2) is 0 Å². The van der Waals surface area contributed by atoms with Gasteiger partial charge < -0.3 is 10.1 Å². The fraction of sp³-hybridized carbons (Fsp3) is 1.00. The zero-order valence-corrected chi connectivity index (χ0v) is 12.7. The number of nitrogens with one attached hydrogen (secondary N) is 1. The van der Waals surface area contributed by atoms with Gasteiger partial charge in [0.1, 0.15) is 0 Å². The van der Waals surface area contributed by atoms with E-state index in [0.29, 0.717) is 18.2 Å². The van der Waals surface area contributed by atoms with Gasteiger partial charge in [-0.05, 0) is 32.6 Å². The van der Waals surface area contributed by atoms with E-state index in [2.05, 4.69) is 26.1 Å². The first-order chi connectivity index (χ1) is 8.77. The number of piperidine rings is 1. The van der Waals surface area contributed by atoms with Crippen molar-refractivity contribution in [1.82, 2.24) is 5.32 Å².